The van der Waals surface area contributed by atoms with Crippen LogP contribution in [0, 0.1) is 5.92 Å². The summed E-state index contributed by atoms with van der Waals surface area (Å²) in [5, 5.41) is 0. The van der Waals surface area contributed by atoms with E-state index < -0.39 is 0 Å². The molecule has 14 heavy (non-hydrogen) atoms. The molecule has 4 heteroatoms. The van der Waals surface area contributed by atoms with E-state index in [2.05, 4.69) is 0 Å². The van der Waals surface area contributed by atoms with Crippen LogP contribution < -0.4 is 0 Å². The standard InChI is InChI=1S/C10H17NO3/c1-3-6-14-9(12)7-11(2)10(13)8-4-5-8/h8H,3-7H2,1-2H3. The number of carbonyl (C=O) groups excluding carboxylic acids is 2. The van der Waals surface area contributed by atoms with Crippen molar-refractivity contribution in [2.45, 2.75) is 26.2 Å². The Labute approximate surface area is 84.2 Å². The summed E-state index contributed by atoms with van der Waals surface area (Å²) < 4.78 is 4.88. The van der Waals surface area contributed by atoms with Crippen molar-refractivity contribution in [3.8, 4) is 0 Å². The lowest BCUT2D eigenvalue weighted by atomic mass is 10.3. The van der Waals surface area contributed by atoms with Gasteiger partial charge in [0.25, 0.3) is 0 Å². The second kappa shape index (κ2) is 4.98. The average Bonchev–Trinajstić information content (AvgIpc) is 2.96. The molecule has 0 saturated heterocycles. The molecule has 0 aromatic carbocycles. The molecule has 0 spiro atoms. The van der Waals surface area contributed by atoms with E-state index in [4.69, 9.17) is 4.74 Å². The monoisotopic (exact) mass is 199 g/mol. The van der Waals surface area contributed by atoms with E-state index in [1.807, 2.05) is 6.92 Å². The predicted molar refractivity (Wildman–Crippen MR) is 51.6 cm³/mol. The molecular formula is C10H17NO3. The van der Waals surface area contributed by atoms with Gasteiger partial charge in [0.15, 0.2) is 0 Å². The maximum Gasteiger partial charge on any atom is 0.325 e. The molecule has 1 rings (SSSR count). The van der Waals surface area contributed by atoms with E-state index in [9.17, 15) is 9.59 Å². The summed E-state index contributed by atoms with van der Waals surface area (Å²) in [6, 6.07) is 0. The Kier molecular flexibility index (Phi) is 3.92. The van der Waals surface area contributed by atoms with Crippen LogP contribution in [0.1, 0.15) is 26.2 Å². The lowest BCUT2D eigenvalue weighted by Crippen LogP contribution is -2.34. The minimum absolute atomic E-state index is 0.0680. The molecule has 1 aliphatic carbocycles. The van der Waals surface area contributed by atoms with Gasteiger partial charge < -0.3 is 9.64 Å². The van der Waals surface area contributed by atoms with Crippen molar-refractivity contribution in [3.05, 3.63) is 0 Å². The molecule has 1 fully saturated rings. The molecule has 0 heterocycles. The molecule has 0 N–H and O–H groups in total. The van der Waals surface area contributed by atoms with Gasteiger partial charge >= 0.3 is 5.97 Å². The van der Waals surface area contributed by atoms with E-state index in [-0.39, 0.29) is 24.3 Å². The first-order valence-corrected chi connectivity index (χ1v) is 5.05. The molecule has 1 aliphatic rings. The third-order valence-corrected chi connectivity index (χ3v) is 2.14. The van der Waals surface area contributed by atoms with Gasteiger partial charge in [0.2, 0.25) is 5.91 Å². The van der Waals surface area contributed by atoms with Crippen molar-refractivity contribution in [2.24, 2.45) is 5.92 Å². The highest BCUT2D eigenvalue weighted by Crippen LogP contribution is 2.30. The maximum absolute atomic E-state index is 11.4. The Morgan fingerprint density at radius 1 is 1.43 bits per heavy atom. The van der Waals surface area contributed by atoms with Gasteiger partial charge in [0.1, 0.15) is 6.54 Å². The number of esters is 1. The van der Waals surface area contributed by atoms with Crippen LogP contribution in [0.25, 0.3) is 0 Å². The molecule has 0 radical (unpaired) electrons. The zero-order valence-electron chi connectivity index (χ0n) is 8.78. The van der Waals surface area contributed by atoms with E-state index in [0.717, 1.165) is 19.3 Å². The van der Waals surface area contributed by atoms with Gasteiger partial charge in [-0.25, -0.2) is 0 Å². The molecule has 1 saturated carbocycles. The minimum Gasteiger partial charge on any atom is -0.464 e. The van der Waals surface area contributed by atoms with Gasteiger partial charge in [-0.1, -0.05) is 6.92 Å². The number of rotatable bonds is 5. The number of carbonyl (C=O) groups is 2. The molecule has 80 valence electrons. The molecule has 0 atom stereocenters. The van der Waals surface area contributed by atoms with E-state index in [1.54, 1.807) is 7.05 Å². The number of likely N-dealkylation sites (N-methyl/N-ethyl adjacent to an activating group) is 1. The number of hydrogen-bond acceptors (Lipinski definition) is 3. The van der Waals surface area contributed by atoms with Gasteiger partial charge in [-0.15, -0.1) is 0 Å². The van der Waals surface area contributed by atoms with Crippen LogP contribution >= 0.6 is 0 Å². The predicted octanol–water partition coefficient (Wildman–Crippen LogP) is 0.808. The van der Waals surface area contributed by atoms with Gasteiger partial charge in [-0.05, 0) is 19.3 Å². The Bertz CT molecular complexity index is 223. The second-order valence-electron chi connectivity index (χ2n) is 3.69. The first kappa shape index (κ1) is 11.0. The van der Waals surface area contributed by atoms with Crippen LogP contribution in [0.4, 0.5) is 0 Å². The fraction of sp³-hybridized carbons (Fsp3) is 0.800. The summed E-state index contributed by atoms with van der Waals surface area (Å²) in [5.41, 5.74) is 0. The fourth-order valence-corrected chi connectivity index (χ4v) is 1.18. The van der Waals surface area contributed by atoms with Crippen molar-refractivity contribution >= 4 is 11.9 Å². The minimum atomic E-state index is -0.316. The quantitative estimate of drug-likeness (QED) is 0.615. The molecule has 1 amide bonds. The fourth-order valence-electron chi connectivity index (χ4n) is 1.18. The average molecular weight is 199 g/mol. The van der Waals surface area contributed by atoms with Crippen molar-refractivity contribution in [2.75, 3.05) is 20.2 Å². The number of hydrogen-bond donors (Lipinski definition) is 0. The van der Waals surface area contributed by atoms with E-state index >= 15 is 0 Å². The summed E-state index contributed by atoms with van der Waals surface area (Å²) in [5.74, 6) is -0.0826. The first-order valence-electron chi connectivity index (χ1n) is 5.05. The Morgan fingerprint density at radius 3 is 2.57 bits per heavy atom. The summed E-state index contributed by atoms with van der Waals surface area (Å²) in [6.07, 6.45) is 2.74. The van der Waals surface area contributed by atoms with Crippen molar-refractivity contribution in [3.63, 3.8) is 0 Å². The van der Waals surface area contributed by atoms with Crippen LogP contribution in [0.5, 0.6) is 0 Å². The SMILES string of the molecule is CCCOC(=O)CN(C)C(=O)C1CC1. The third-order valence-electron chi connectivity index (χ3n) is 2.14. The summed E-state index contributed by atoms with van der Waals surface area (Å²) in [6.45, 7) is 2.45. The number of ether oxygens (including phenoxy) is 1. The van der Waals surface area contributed by atoms with Crippen LogP contribution in [0.3, 0.4) is 0 Å². The van der Waals surface area contributed by atoms with Gasteiger partial charge in [-0.3, -0.25) is 9.59 Å². The molecule has 0 aliphatic heterocycles. The second-order valence-corrected chi connectivity index (χ2v) is 3.69. The lowest BCUT2D eigenvalue weighted by Gasteiger charge is -2.15. The van der Waals surface area contributed by atoms with Crippen molar-refractivity contribution in [1.29, 1.82) is 0 Å². The lowest BCUT2D eigenvalue weighted by molar-refractivity contribution is -0.148. The Balaban J connectivity index is 2.21. The van der Waals surface area contributed by atoms with Gasteiger partial charge in [0, 0.05) is 13.0 Å². The first-order chi connectivity index (χ1) is 6.65. The highest BCUT2D eigenvalue weighted by Gasteiger charge is 2.32. The largest absolute Gasteiger partial charge is 0.464 e. The highest BCUT2D eigenvalue weighted by atomic mass is 16.5. The van der Waals surface area contributed by atoms with Gasteiger partial charge in [0.05, 0.1) is 6.61 Å². The third kappa shape index (κ3) is 3.36. The summed E-state index contributed by atoms with van der Waals surface area (Å²) >= 11 is 0. The Morgan fingerprint density at radius 2 is 2.07 bits per heavy atom. The zero-order valence-corrected chi connectivity index (χ0v) is 8.78. The number of amides is 1. The Hall–Kier alpha value is -1.06. The molecule has 0 aromatic heterocycles. The summed E-state index contributed by atoms with van der Waals surface area (Å²) in [7, 11) is 1.65. The molecule has 0 unspecified atom stereocenters. The van der Waals surface area contributed by atoms with Crippen molar-refractivity contribution < 1.29 is 14.3 Å². The molecule has 0 aromatic rings. The van der Waals surface area contributed by atoms with Crippen molar-refractivity contribution in [1.82, 2.24) is 4.90 Å². The smallest absolute Gasteiger partial charge is 0.325 e. The zero-order chi connectivity index (χ0) is 10.6. The molecule has 0 bridgehead atoms. The summed E-state index contributed by atoms with van der Waals surface area (Å²) in [4.78, 5) is 24.0. The molecular weight excluding hydrogens is 182 g/mol. The van der Waals surface area contributed by atoms with Crippen LogP contribution in [-0.4, -0.2) is 37.0 Å². The normalized spacial score (nSPS) is 15.0. The molecule has 4 nitrogen and oxygen atoms in total. The highest BCUT2D eigenvalue weighted by molar-refractivity contribution is 5.84. The number of nitrogens with zero attached hydrogens (tertiary/aromatic N) is 1. The van der Waals surface area contributed by atoms with Gasteiger partial charge in [-0.2, -0.15) is 0 Å². The van der Waals surface area contributed by atoms with E-state index in [0.29, 0.717) is 6.61 Å². The van der Waals surface area contributed by atoms with E-state index in [1.165, 1.54) is 4.90 Å². The van der Waals surface area contributed by atoms with Crippen LogP contribution in [0.15, 0.2) is 0 Å². The van der Waals surface area contributed by atoms with Crippen LogP contribution in [0.2, 0.25) is 0 Å². The van der Waals surface area contributed by atoms with Crippen LogP contribution in [-0.2, 0) is 14.3 Å². The topological polar surface area (TPSA) is 46.6 Å². The maximum atomic E-state index is 11.4.